The molecule has 0 radical (unpaired) electrons. The number of hydrogen-bond donors (Lipinski definition) is 3. The lowest BCUT2D eigenvalue weighted by Crippen LogP contribution is -2.34. The van der Waals surface area contributed by atoms with Gasteiger partial charge in [-0.25, -0.2) is 14.7 Å². The zero-order chi connectivity index (χ0) is 10.1. The van der Waals surface area contributed by atoms with Gasteiger partial charge < -0.3 is 0 Å². The maximum absolute atomic E-state index is 8.45. The fourth-order valence-corrected chi connectivity index (χ4v) is 0.991. The van der Waals surface area contributed by atoms with Crippen LogP contribution in [0.5, 0.6) is 0 Å². The molecule has 6 heteroatoms. The van der Waals surface area contributed by atoms with Crippen molar-refractivity contribution in [2.75, 3.05) is 6.61 Å². The Morgan fingerprint density at radius 1 is 1.08 bits per heavy atom. The molecule has 0 aromatic rings. The molecule has 0 saturated carbocycles. The van der Waals surface area contributed by atoms with Gasteiger partial charge in [-0.15, -0.1) is 0 Å². The molecule has 0 spiro atoms. The Kier molecular flexibility index (Phi) is 8.21. The highest BCUT2D eigenvalue weighted by molar-refractivity contribution is 4.67. The Bertz CT molecular complexity index is 109. The average Bonchev–Trinajstić information content (AvgIpc) is 2.17. The molecular formula is C7H16O6. The average molecular weight is 196 g/mol. The summed E-state index contributed by atoms with van der Waals surface area (Å²) in [5, 5.41) is 24.9. The minimum absolute atomic E-state index is 0.258. The van der Waals surface area contributed by atoms with Crippen LogP contribution in [0, 0.1) is 0 Å². The molecule has 0 saturated heterocycles. The first kappa shape index (κ1) is 12.8. The van der Waals surface area contributed by atoms with E-state index < -0.39 is 12.2 Å². The Balaban J connectivity index is 3.84. The van der Waals surface area contributed by atoms with E-state index in [0.717, 1.165) is 12.8 Å². The first-order valence-electron chi connectivity index (χ1n) is 4.16. The highest BCUT2D eigenvalue weighted by Crippen LogP contribution is 2.10. The predicted molar refractivity (Wildman–Crippen MR) is 43.1 cm³/mol. The Morgan fingerprint density at radius 3 is 2.08 bits per heavy atom. The minimum atomic E-state index is -0.887. The minimum Gasteiger partial charge on any atom is -0.252 e. The molecule has 0 aromatic carbocycles. The van der Waals surface area contributed by atoms with Gasteiger partial charge in [-0.3, -0.25) is 15.8 Å². The normalized spacial score (nSPS) is 15.7. The first-order chi connectivity index (χ1) is 6.29. The fraction of sp³-hybridized carbons (Fsp3) is 1.00. The van der Waals surface area contributed by atoms with Gasteiger partial charge in [-0.2, -0.15) is 0 Å². The highest BCUT2D eigenvalue weighted by Gasteiger charge is 2.23. The van der Waals surface area contributed by atoms with E-state index in [4.69, 9.17) is 15.8 Å². The largest absolute Gasteiger partial charge is 0.252 e. The molecule has 0 aliphatic rings. The smallest absolute Gasteiger partial charge is 0.148 e. The van der Waals surface area contributed by atoms with Crippen molar-refractivity contribution >= 4 is 0 Å². The molecule has 0 fully saturated rings. The summed E-state index contributed by atoms with van der Waals surface area (Å²) in [5.74, 6) is 0. The zero-order valence-corrected chi connectivity index (χ0v) is 7.55. The Hall–Kier alpha value is -0.240. The molecule has 0 aliphatic heterocycles. The van der Waals surface area contributed by atoms with Gasteiger partial charge >= 0.3 is 0 Å². The summed E-state index contributed by atoms with van der Waals surface area (Å²) in [6.07, 6.45) is 0.675. The predicted octanol–water partition coefficient (Wildman–Crippen LogP) is 1.38. The first-order valence-corrected chi connectivity index (χ1v) is 4.16. The van der Waals surface area contributed by atoms with Gasteiger partial charge in [0, 0.05) is 0 Å². The van der Waals surface area contributed by atoms with Crippen molar-refractivity contribution in [2.45, 2.75) is 38.4 Å². The molecule has 2 unspecified atom stereocenters. The van der Waals surface area contributed by atoms with Crippen molar-refractivity contribution in [1.29, 1.82) is 0 Å². The van der Waals surface area contributed by atoms with Crippen LogP contribution >= 0.6 is 0 Å². The second-order valence-corrected chi connectivity index (χ2v) is 2.73. The summed E-state index contributed by atoms with van der Waals surface area (Å²) in [7, 11) is 0. The van der Waals surface area contributed by atoms with Crippen LogP contribution in [0.2, 0.25) is 0 Å². The van der Waals surface area contributed by atoms with Crippen LogP contribution in [0.4, 0.5) is 0 Å². The van der Waals surface area contributed by atoms with Crippen molar-refractivity contribution < 1.29 is 30.4 Å². The van der Waals surface area contributed by atoms with Crippen LogP contribution in [0.15, 0.2) is 0 Å². The van der Waals surface area contributed by atoms with Crippen LogP contribution in [0.1, 0.15) is 26.2 Å². The molecule has 0 amide bonds. The lowest BCUT2D eigenvalue weighted by molar-refractivity contribution is -0.379. The summed E-state index contributed by atoms with van der Waals surface area (Å²) >= 11 is 0. The van der Waals surface area contributed by atoms with Crippen molar-refractivity contribution in [3.8, 4) is 0 Å². The summed E-state index contributed by atoms with van der Waals surface area (Å²) in [4.78, 5) is 11.8. The van der Waals surface area contributed by atoms with Crippen LogP contribution in [-0.2, 0) is 14.7 Å². The molecule has 3 N–H and O–H groups in total. The lowest BCUT2D eigenvalue weighted by Gasteiger charge is -2.19. The quantitative estimate of drug-likeness (QED) is 0.401. The molecule has 0 rings (SSSR count). The molecule has 2 atom stereocenters. The second-order valence-electron chi connectivity index (χ2n) is 2.73. The molecule has 0 aliphatic carbocycles. The van der Waals surface area contributed by atoms with Gasteiger partial charge in [0.2, 0.25) is 0 Å². The number of hydrogen-bond acceptors (Lipinski definition) is 6. The summed E-state index contributed by atoms with van der Waals surface area (Å²) < 4.78 is 0. The van der Waals surface area contributed by atoms with Gasteiger partial charge in [-0.05, 0) is 6.42 Å². The summed E-state index contributed by atoms with van der Waals surface area (Å²) in [6.45, 7) is 1.72. The zero-order valence-electron chi connectivity index (χ0n) is 7.55. The van der Waals surface area contributed by atoms with Crippen LogP contribution in [0.3, 0.4) is 0 Å². The molecule has 0 heterocycles. The van der Waals surface area contributed by atoms with E-state index in [1.165, 1.54) is 0 Å². The van der Waals surface area contributed by atoms with E-state index in [1.807, 2.05) is 6.92 Å². The van der Waals surface area contributed by atoms with E-state index in [9.17, 15) is 0 Å². The van der Waals surface area contributed by atoms with Gasteiger partial charge in [0.05, 0.1) is 0 Å². The molecule has 6 nitrogen and oxygen atoms in total. The van der Waals surface area contributed by atoms with E-state index in [2.05, 4.69) is 14.7 Å². The third-order valence-electron chi connectivity index (χ3n) is 1.77. The van der Waals surface area contributed by atoms with E-state index in [-0.39, 0.29) is 6.61 Å². The van der Waals surface area contributed by atoms with Crippen LogP contribution in [-0.4, -0.2) is 34.6 Å². The summed E-state index contributed by atoms with van der Waals surface area (Å²) in [6, 6.07) is 0. The van der Waals surface area contributed by atoms with Gasteiger partial charge in [-0.1, -0.05) is 19.8 Å². The number of rotatable bonds is 8. The SMILES string of the molecule is CCCCC(OO)C(COO)OO. The van der Waals surface area contributed by atoms with Crippen molar-refractivity contribution in [1.82, 2.24) is 0 Å². The van der Waals surface area contributed by atoms with Crippen molar-refractivity contribution in [3.63, 3.8) is 0 Å². The topological polar surface area (TPSA) is 88.4 Å². The Labute approximate surface area is 76.4 Å². The maximum Gasteiger partial charge on any atom is 0.148 e. The monoisotopic (exact) mass is 196 g/mol. The van der Waals surface area contributed by atoms with Crippen LogP contribution in [0.25, 0.3) is 0 Å². The standard InChI is InChI=1S/C7H16O6/c1-2-3-4-6(12-9)7(13-10)5-11-8/h6-10H,2-5H2,1H3. The Morgan fingerprint density at radius 2 is 1.69 bits per heavy atom. The van der Waals surface area contributed by atoms with Gasteiger partial charge in [0.15, 0.2) is 0 Å². The van der Waals surface area contributed by atoms with Crippen molar-refractivity contribution in [3.05, 3.63) is 0 Å². The lowest BCUT2D eigenvalue weighted by atomic mass is 10.1. The van der Waals surface area contributed by atoms with E-state index in [0.29, 0.717) is 6.42 Å². The van der Waals surface area contributed by atoms with Gasteiger partial charge in [0.25, 0.3) is 0 Å². The third-order valence-corrected chi connectivity index (χ3v) is 1.77. The second kappa shape index (κ2) is 8.36. The molecule has 0 aromatic heterocycles. The highest BCUT2D eigenvalue weighted by atomic mass is 17.1. The molecule has 13 heavy (non-hydrogen) atoms. The van der Waals surface area contributed by atoms with E-state index >= 15 is 0 Å². The molecule has 80 valence electrons. The van der Waals surface area contributed by atoms with Crippen LogP contribution < -0.4 is 0 Å². The molecular weight excluding hydrogens is 180 g/mol. The van der Waals surface area contributed by atoms with E-state index in [1.54, 1.807) is 0 Å². The summed E-state index contributed by atoms with van der Waals surface area (Å²) in [5.41, 5.74) is 0. The maximum atomic E-state index is 8.45. The number of unbranched alkanes of at least 4 members (excludes halogenated alkanes) is 1. The fourth-order valence-electron chi connectivity index (χ4n) is 0.991. The molecule has 0 bridgehead atoms. The van der Waals surface area contributed by atoms with Crippen molar-refractivity contribution in [2.24, 2.45) is 0 Å². The van der Waals surface area contributed by atoms with Gasteiger partial charge in [0.1, 0.15) is 18.8 Å². The third kappa shape index (κ3) is 5.14.